The molecule has 0 bridgehead atoms. The molecule has 2 nitrogen and oxygen atoms in total. The first-order chi connectivity index (χ1) is 8.50. The zero-order valence-corrected chi connectivity index (χ0v) is 13.0. The summed E-state index contributed by atoms with van der Waals surface area (Å²) in [6.07, 6.45) is 0. The van der Waals surface area contributed by atoms with Crippen LogP contribution in [0, 0.1) is 0 Å². The van der Waals surface area contributed by atoms with Crippen LogP contribution in [0.15, 0.2) is 28.7 Å². The normalized spacial score (nSPS) is 11.0. The summed E-state index contributed by atoms with van der Waals surface area (Å²) < 4.78 is 0.745. The number of aromatic nitrogens is 2. The Balaban J connectivity index is 2.63. The van der Waals surface area contributed by atoms with Crippen LogP contribution in [0.1, 0.15) is 25.5 Å². The monoisotopic (exact) mass is 344 g/mol. The van der Waals surface area contributed by atoms with Crippen LogP contribution < -0.4 is 0 Å². The van der Waals surface area contributed by atoms with Crippen molar-refractivity contribution in [2.24, 2.45) is 0 Å². The van der Waals surface area contributed by atoms with E-state index in [-0.39, 0.29) is 5.92 Å². The molecule has 0 aliphatic heterocycles. The van der Waals surface area contributed by atoms with E-state index in [9.17, 15) is 0 Å². The third-order valence-corrected chi connectivity index (χ3v) is 4.11. The maximum Gasteiger partial charge on any atom is 0.162 e. The molecule has 5 heteroatoms. The summed E-state index contributed by atoms with van der Waals surface area (Å²) in [7, 11) is 0. The van der Waals surface area contributed by atoms with E-state index < -0.39 is 0 Å². The summed E-state index contributed by atoms with van der Waals surface area (Å²) in [5.74, 6) is 0.804. The van der Waals surface area contributed by atoms with Crippen molar-refractivity contribution < 1.29 is 0 Å². The van der Waals surface area contributed by atoms with Gasteiger partial charge in [0.1, 0.15) is 5.15 Å². The fraction of sp³-hybridized carbons (Fsp3) is 0.231. The Morgan fingerprint density at radius 3 is 2.39 bits per heavy atom. The van der Waals surface area contributed by atoms with Crippen LogP contribution in [0.2, 0.25) is 10.2 Å². The van der Waals surface area contributed by atoms with E-state index in [2.05, 4.69) is 39.7 Å². The number of halogens is 3. The quantitative estimate of drug-likeness (QED) is 0.687. The molecule has 2 rings (SSSR count). The summed E-state index contributed by atoms with van der Waals surface area (Å²) in [5.41, 5.74) is 1.67. The molecule has 0 amide bonds. The van der Waals surface area contributed by atoms with Crippen molar-refractivity contribution in [1.82, 2.24) is 9.97 Å². The third kappa shape index (κ3) is 2.68. The van der Waals surface area contributed by atoms with Gasteiger partial charge in [-0.15, -0.1) is 0 Å². The van der Waals surface area contributed by atoms with Crippen LogP contribution in [0.25, 0.3) is 11.4 Å². The van der Waals surface area contributed by atoms with Gasteiger partial charge in [0.2, 0.25) is 0 Å². The lowest BCUT2D eigenvalue weighted by molar-refractivity contribution is 0.809. The zero-order valence-electron chi connectivity index (χ0n) is 9.92. The highest BCUT2D eigenvalue weighted by Crippen LogP contribution is 2.32. The van der Waals surface area contributed by atoms with Gasteiger partial charge >= 0.3 is 0 Å². The van der Waals surface area contributed by atoms with Crippen molar-refractivity contribution in [2.75, 3.05) is 0 Å². The molecular weight excluding hydrogens is 335 g/mol. The Morgan fingerprint density at radius 1 is 1.11 bits per heavy atom. The summed E-state index contributed by atoms with van der Waals surface area (Å²) in [6.45, 7) is 4.11. The summed E-state index contributed by atoms with van der Waals surface area (Å²) in [6, 6.07) is 7.46. The van der Waals surface area contributed by atoms with Crippen LogP contribution in [-0.2, 0) is 0 Å². The zero-order chi connectivity index (χ0) is 13.3. The average molecular weight is 346 g/mol. The molecule has 1 aromatic carbocycles. The molecule has 0 saturated heterocycles. The summed E-state index contributed by atoms with van der Waals surface area (Å²) >= 11 is 15.7. The summed E-state index contributed by atoms with van der Waals surface area (Å²) in [5, 5.41) is 1.02. The molecule has 0 fully saturated rings. The predicted molar refractivity (Wildman–Crippen MR) is 79.3 cm³/mol. The Morgan fingerprint density at radius 2 is 1.78 bits per heavy atom. The highest BCUT2D eigenvalue weighted by molar-refractivity contribution is 9.10. The first-order valence-corrected chi connectivity index (χ1v) is 7.03. The molecule has 94 valence electrons. The Bertz CT molecular complexity index is 585. The van der Waals surface area contributed by atoms with Crippen molar-refractivity contribution in [1.29, 1.82) is 0 Å². The van der Waals surface area contributed by atoms with Crippen molar-refractivity contribution >= 4 is 39.1 Å². The fourth-order valence-corrected chi connectivity index (χ4v) is 2.61. The number of benzene rings is 1. The molecule has 0 saturated carbocycles. The first-order valence-electron chi connectivity index (χ1n) is 5.48. The van der Waals surface area contributed by atoms with Gasteiger partial charge in [0.05, 0.1) is 15.2 Å². The Hall–Kier alpha value is -0.640. The van der Waals surface area contributed by atoms with E-state index >= 15 is 0 Å². The second-order valence-corrected chi connectivity index (χ2v) is 5.73. The first kappa shape index (κ1) is 13.8. The molecule has 0 atom stereocenters. The minimum absolute atomic E-state index is 0.251. The highest BCUT2D eigenvalue weighted by Gasteiger charge is 2.15. The van der Waals surface area contributed by atoms with E-state index in [1.807, 2.05) is 24.3 Å². The molecule has 18 heavy (non-hydrogen) atoms. The lowest BCUT2D eigenvalue weighted by Gasteiger charge is -2.11. The number of rotatable bonds is 2. The highest BCUT2D eigenvalue weighted by atomic mass is 79.9. The van der Waals surface area contributed by atoms with Crippen LogP contribution in [0.5, 0.6) is 0 Å². The Kier molecular flexibility index (Phi) is 4.25. The largest absolute Gasteiger partial charge is 0.231 e. The van der Waals surface area contributed by atoms with E-state index in [0.29, 0.717) is 16.0 Å². The molecule has 0 aliphatic rings. The average Bonchev–Trinajstić information content (AvgIpc) is 2.33. The van der Waals surface area contributed by atoms with Gasteiger partial charge in [-0.2, -0.15) is 0 Å². The standard InChI is InChI=1S/C13H11BrCl2N2/c1-7(2)11-10(14)12(16)18-13(17-11)8-5-3-4-6-9(8)15/h3-7H,1-2H3. The lowest BCUT2D eigenvalue weighted by Crippen LogP contribution is -2.00. The van der Waals surface area contributed by atoms with Crippen LogP contribution in [0.3, 0.4) is 0 Å². The minimum atomic E-state index is 0.251. The van der Waals surface area contributed by atoms with Crippen LogP contribution in [-0.4, -0.2) is 9.97 Å². The lowest BCUT2D eigenvalue weighted by atomic mass is 10.1. The van der Waals surface area contributed by atoms with Crippen molar-refractivity contribution in [2.45, 2.75) is 19.8 Å². The van der Waals surface area contributed by atoms with Gasteiger partial charge in [0.15, 0.2) is 5.82 Å². The van der Waals surface area contributed by atoms with Crippen LogP contribution in [0.4, 0.5) is 0 Å². The van der Waals surface area contributed by atoms with E-state index in [4.69, 9.17) is 23.2 Å². The molecule has 1 heterocycles. The molecule has 0 spiro atoms. The molecule has 1 aromatic heterocycles. The molecule has 0 N–H and O–H groups in total. The number of hydrogen-bond donors (Lipinski definition) is 0. The smallest absolute Gasteiger partial charge is 0.162 e. The van der Waals surface area contributed by atoms with Crippen molar-refractivity contribution in [3.05, 3.63) is 44.6 Å². The molecule has 0 radical (unpaired) electrons. The topological polar surface area (TPSA) is 25.8 Å². The van der Waals surface area contributed by atoms with Crippen molar-refractivity contribution in [3.8, 4) is 11.4 Å². The van der Waals surface area contributed by atoms with Gasteiger partial charge in [0.25, 0.3) is 0 Å². The maximum absolute atomic E-state index is 6.15. The van der Waals surface area contributed by atoms with E-state index in [0.717, 1.165) is 15.7 Å². The van der Waals surface area contributed by atoms with Gasteiger partial charge in [-0.25, -0.2) is 9.97 Å². The van der Waals surface area contributed by atoms with Gasteiger partial charge in [0, 0.05) is 5.56 Å². The maximum atomic E-state index is 6.15. The molecule has 0 unspecified atom stereocenters. The number of hydrogen-bond acceptors (Lipinski definition) is 2. The second kappa shape index (κ2) is 5.55. The van der Waals surface area contributed by atoms with Gasteiger partial charge in [-0.3, -0.25) is 0 Å². The van der Waals surface area contributed by atoms with Gasteiger partial charge in [-0.05, 0) is 34.0 Å². The second-order valence-electron chi connectivity index (χ2n) is 4.17. The van der Waals surface area contributed by atoms with E-state index in [1.165, 1.54) is 0 Å². The predicted octanol–water partition coefficient (Wildman–Crippen LogP) is 5.34. The van der Waals surface area contributed by atoms with Crippen LogP contribution >= 0.6 is 39.1 Å². The van der Waals surface area contributed by atoms with E-state index in [1.54, 1.807) is 0 Å². The number of nitrogens with zero attached hydrogens (tertiary/aromatic N) is 2. The molecular formula is C13H11BrCl2N2. The van der Waals surface area contributed by atoms with Gasteiger partial charge in [-0.1, -0.05) is 49.2 Å². The van der Waals surface area contributed by atoms with Gasteiger partial charge < -0.3 is 0 Å². The minimum Gasteiger partial charge on any atom is -0.231 e. The molecule has 2 aromatic rings. The third-order valence-electron chi connectivity index (χ3n) is 2.50. The fourth-order valence-electron chi connectivity index (χ4n) is 1.58. The summed E-state index contributed by atoms with van der Waals surface area (Å²) in [4.78, 5) is 8.81. The molecule has 0 aliphatic carbocycles. The SMILES string of the molecule is CC(C)c1nc(-c2ccccc2Cl)nc(Cl)c1Br. The van der Waals surface area contributed by atoms with Crippen molar-refractivity contribution in [3.63, 3.8) is 0 Å². The Labute approximate surface area is 124 Å².